The molecule has 0 saturated carbocycles. The van der Waals surface area contributed by atoms with E-state index in [1.165, 1.54) is 56.7 Å². The molecule has 0 amide bonds. The van der Waals surface area contributed by atoms with Gasteiger partial charge in [-0.25, -0.2) is 0 Å². The van der Waals surface area contributed by atoms with Crippen LogP contribution in [0.1, 0.15) is 49.3 Å². The molecule has 2 aliphatic rings. The first-order valence-electron chi connectivity index (χ1n) is 8.47. The van der Waals surface area contributed by atoms with Gasteiger partial charge in [-0.2, -0.15) is 0 Å². The summed E-state index contributed by atoms with van der Waals surface area (Å²) in [5.41, 5.74) is 4.12. The number of halogens is 2. The molecular weight excluding hydrogens is 498 g/mol. The van der Waals surface area contributed by atoms with Gasteiger partial charge in [-0.05, 0) is 0 Å². The maximum absolute atomic E-state index is 4.97. The number of alkyl halides is 5. The monoisotopic (exact) mass is 523 g/mol. The molecule has 0 atom stereocenters. The van der Waals surface area contributed by atoms with Crippen molar-refractivity contribution in [3.05, 3.63) is 35.8 Å². The molecule has 2 saturated heterocycles. The number of hydrogen-bond acceptors (Lipinski definition) is 1. The molecular formula is C18H25I2N2-. The van der Waals surface area contributed by atoms with Gasteiger partial charge in [0.1, 0.15) is 0 Å². The van der Waals surface area contributed by atoms with Crippen molar-refractivity contribution in [2.45, 2.75) is 42.4 Å². The maximum atomic E-state index is 4.97. The van der Waals surface area contributed by atoms with Crippen LogP contribution in [0.15, 0.2) is 24.5 Å². The van der Waals surface area contributed by atoms with Gasteiger partial charge in [-0.15, -0.1) is 0 Å². The van der Waals surface area contributed by atoms with Crippen molar-refractivity contribution in [3.63, 3.8) is 0 Å². The van der Waals surface area contributed by atoms with Gasteiger partial charge >= 0.3 is 152 Å². The average Bonchev–Trinajstić information content (AvgIpc) is 2.98. The second-order valence-corrected chi connectivity index (χ2v) is 15.8. The van der Waals surface area contributed by atoms with Gasteiger partial charge in [0.25, 0.3) is 0 Å². The number of fused-ring (bicyclic) bond motifs is 1. The van der Waals surface area contributed by atoms with E-state index in [1.807, 2.05) is 0 Å². The Balaban J connectivity index is 1.52. The molecule has 0 unspecified atom stereocenters. The zero-order valence-electron chi connectivity index (χ0n) is 13.1. The van der Waals surface area contributed by atoms with Crippen LogP contribution in [0.3, 0.4) is 0 Å². The SMILES string of the molecule is c1cn2cc(CI3CCCCC3)nc2cc1C1CC[I-]CC1. The third-order valence-electron chi connectivity index (χ3n) is 4.82. The molecule has 4 heterocycles. The summed E-state index contributed by atoms with van der Waals surface area (Å²) < 4.78 is 9.76. The van der Waals surface area contributed by atoms with Gasteiger partial charge in [0.05, 0.1) is 0 Å². The molecule has 0 aliphatic carbocycles. The summed E-state index contributed by atoms with van der Waals surface area (Å²) in [7, 11) is 0. The third-order valence-corrected chi connectivity index (χ3v) is 14.0. The summed E-state index contributed by atoms with van der Waals surface area (Å²) in [5, 5.41) is 0. The Morgan fingerprint density at radius 1 is 1.18 bits per heavy atom. The molecule has 22 heavy (non-hydrogen) atoms. The van der Waals surface area contributed by atoms with Gasteiger partial charge in [0.2, 0.25) is 0 Å². The molecule has 0 N–H and O–H groups in total. The minimum absolute atomic E-state index is 0.538. The Labute approximate surface area is 151 Å². The van der Waals surface area contributed by atoms with Crippen molar-refractivity contribution in [2.75, 3.05) is 17.7 Å². The third kappa shape index (κ3) is 3.62. The van der Waals surface area contributed by atoms with Crippen molar-refractivity contribution >= 4 is 25.5 Å². The van der Waals surface area contributed by atoms with Crippen LogP contribution in [0, 0.1) is 0 Å². The van der Waals surface area contributed by atoms with Crippen LogP contribution in [0.4, 0.5) is 0 Å². The molecule has 2 nitrogen and oxygen atoms in total. The molecule has 0 bridgehead atoms. The van der Waals surface area contributed by atoms with E-state index in [0.717, 1.165) is 5.92 Å². The number of pyridine rings is 1. The van der Waals surface area contributed by atoms with E-state index >= 15 is 0 Å². The Hall–Kier alpha value is 0.150. The van der Waals surface area contributed by atoms with Gasteiger partial charge in [-0.3, -0.25) is 0 Å². The van der Waals surface area contributed by atoms with E-state index in [1.54, 1.807) is 14.4 Å². The molecule has 2 aliphatic heterocycles. The van der Waals surface area contributed by atoms with Crippen LogP contribution < -0.4 is 21.2 Å². The summed E-state index contributed by atoms with van der Waals surface area (Å²) in [6.07, 6.45) is 11.9. The van der Waals surface area contributed by atoms with Crippen LogP contribution >= 0.6 is 19.8 Å². The Morgan fingerprint density at radius 3 is 2.82 bits per heavy atom. The Kier molecular flexibility index (Phi) is 5.24. The molecule has 0 aromatic carbocycles. The molecule has 2 aromatic heterocycles. The predicted octanol–water partition coefficient (Wildman–Crippen LogP) is 1.49. The van der Waals surface area contributed by atoms with Gasteiger partial charge in [0.15, 0.2) is 0 Å². The Morgan fingerprint density at radius 2 is 2.00 bits per heavy atom. The number of nitrogens with zero attached hydrogens (tertiary/aromatic N) is 2. The summed E-state index contributed by atoms with van der Waals surface area (Å²) in [6, 6.07) is 4.73. The average molecular weight is 523 g/mol. The molecule has 0 spiro atoms. The van der Waals surface area contributed by atoms with E-state index < -0.39 is 19.8 Å². The van der Waals surface area contributed by atoms with Crippen LogP contribution in [0.5, 0.6) is 0 Å². The van der Waals surface area contributed by atoms with Crippen molar-refractivity contribution in [3.8, 4) is 0 Å². The molecule has 2 fully saturated rings. The van der Waals surface area contributed by atoms with E-state index in [-0.39, 0.29) is 0 Å². The van der Waals surface area contributed by atoms with Crippen LogP contribution in [0.2, 0.25) is 0 Å². The number of imidazole rings is 1. The Bertz CT molecular complexity index is 625. The normalized spacial score (nSPS) is 22.6. The molecule has 0 radical (unpaired) electrons. The first kappa shape index (κ1) is 15.7. The van der Waals surface area contributed by atoms with Crippen molar-refractivity contribution in [2.24, 2.45) is 0 Å². The van der Waals surface area contributed by atoms with Crippen molar-refractivity contribution < 1.29 is 21.2 Å². The quantitative estimate of drug-likeness (QED) is 0.441. The van der Waals surface area contributed by atoms with E-state index in [4.69, 9.17) is 4.98 Å². The second kappa shape index (κ2) is 7.36. The molecule has 4 heteroatoms. The van der Waals surface area contributed by atoms with Crippen molar-refractivity contribution in [1.29, 1.82) is 0 Å². The van der Waals surface area contributed by atoms with Crippen molar-refractivity contribution in [1.82, 2.24) is 9.38 Å². The van der Waals surface area contributed by atoms with E-state index in [9.17, 15) is 0 Å². The van der Waals surface area contributed by atoms with E-state index in [2.05, 4.69) is 28.9 Å². The van der Waals surface area contributed by atoms with Crippen LogP contribution in [-0.2, 0) is 4.43 Å². The first-order chi connectivity index (χ1) is 10.9. The minimum atomic E-state index is -0.701. The zero-order valence-corrected chi connectivity index (χ0v) is 17.4. The number of hydrogen-bond donors (Lipinski definition) is 0. The van der Waals surface area contributed by atoms with Gasteiger partial charge in [0, 0.05) is 0 Å². The summed E-state index contributed by atoms with van der Waals surface area (Å²) in [4.78, 5) is 4.97. The zero-order chi connectivity index (χ0) is 14.8. The van der Waals surface area contributed by atoms with Gasteiger partial charge < -0.3 is 0 Å². The summed E-state index contributed by atoms with van der Waals surface area (Å²) >= 11 is -0.163. The molecule has 122 valence electrons. The topological polar surface area (TPSA) is 17.3 Å². The predicted molar refractivity (Wildman–Crippen MR) is 98.2 cm³/mol. The number of rotatable bonds is 3. The van der Waals surface area contributed by atoms with Crippen LogP contribution in [-0.4, -0.2) is 27.1 Å². The van der Waals surface area contributed by atoms with E-state index in [0.29, 0.717) is 21.2 Å². The summed E-state index contributed by atoms with van der Waals surface area (Å²) in [5.74, 6) is 0.813. The summed E-state index contributed by atoms with van der Waals surface area (Å²) in [6.45, 7) is 0. The molecule has 4 rings (SSSR count). The second-order valence-electron chi connectivity index (χ2n) is 6.44. The standard InChI is InChI=1S/C18H25I2N2/c1-2-9-20(10-3-1)13-17-14-22-11-6-16(12-18(22)21-17)15-4-7-19-8-5-15/h6,11-12,14-15H,1-5,7-10,13H2/q-1. The van der Waals surface area contributed by atoms with Gasteiger partial charge in [-0.1, -0.05) is 0 Å². The molecule has 2 aromatic rings. The fourth-order valence-electron chi connectivity index (χ4n) is 3.52. The number of aromatic nitrogens is 2. The van der Waals surface area contributed by atoms with Crippen LogP contribution in [0.25, 0.3) is 5.65 Å². The fourth-order valence-corrected chi connectivity index (χ4v) is 12.5. The first-order valence-corrected chi connectivity index (χ1v) is 16.1. The fraction of sp³-hybridized carbons (Fsp3) is 0.611.